The molecule has 0 aliphatic carbocycles. The van der Waals surface area contributed by atoms with Crippen LogP contribution in [-0.2, 0) is 16.1 Å². The zero-order valence-electron chi connectivity index (χ0n) is 15.2. The van der Waals surface area contributed by atoms with E-state index in [9.17, 15) is 9.90 Å². The number of phenols is 1. The summed E-state index contributed by atoms with van der Waals surface area (Å²) in [7, 11) is 0. The Morgan fingerprint density at radius 1 is 1.07 bits per heavy atom. The van der Waals surface area contributed by atoms with Crippen LogP contribution in [-0.4, -0.2) is 15.9 Å². The molecule has 0 atom stereocenters. The lowest BCUT2D eigenvalue weighted by molar-refractivity contribution is -0.114. The maximum Gasteiger partial charge on any atom is 0.221 e. The third-order valence-electron chi connectivity index (χ3n) is 3.98. The highest BCUT2D eigenvalue weighted by Gasteiger charge is 2.08. The van der Waals surface area contributed by atoms with E-state index in [0.717, 1.165) is 16.7 Å². The molecule has 2 N–H and O–H groups in total. The Morgan fingerprint density at radius 3 is 2.54 bits per heavy atom. The standard InChI is InChI=1S/C23H20N2O3/c1-2-21(27)22(28-16-17-8-10-20(26)11-9-17)15-25-23-14-19(12-13-24-23)18-6-4-3-5-7-18/h2-15,26H,1,16H2,(H,24,25)/b22-15+. The second kappa shape index (κ2) is 9.19. The van der Waals surface area contributed by atoms with Crippen molar-refractivity contribution >= 4 is 11.6 Å². The van der Waals surface area contributed by atoms with Crippen molar-refractivity contribution in [3.63, 3.8) is 0 Å². The maximum absolute atomic E-state index is 12.1. The molecule has 0 spiro atoms. The van der Waals surface area contributed by atoms with Gasteiger partial charge >= 0.3 is 0 Å². The van der Waals surface area contributed by atoms with Gasteiger partial charge in [0.1, 0.15) is 18.2 Å². The van der Waals surface area contributed by atoms with Gasteiger partial charge in [0.05, 0.1) is 0 Å². The third-order valence-corrected chi connectivity index (χ3v) is 3.98. The van der Waals surface area contributed by atoms with Crippen molar-refractivity contribution in [2.45, 2.75) is 6.61 Å². The van der Waals surface area contributed by atoms with Gasteiger partial charge in [0, 0.05) is 12.4 Å². The Labute approximate surface area is 163 Å². The molecule has 3 rings (SSSR count). The number of phenolic OH excluding ortho intramolecular Hbond substituents is 1. The number of ketones is 1. The lowest BCUT2D eigenvalue weighted by Gasteiger charge is -2.10. The minimum absolute atomic E-state index is 0.120. The lowest BCUT2D eigenvalue weighted by Crippen LogP contribution is -2.06. The summed E-state index contributed by atoms with van der Waals surface area (Å²) in [5.74, 6) is 0.539. The molecule has 0 amide bonds. The van der Waals surface area contributed by atoms with E-state index in [-0.39, 0.29) is 23.9 Å². The fourth-order valence-corrected chi connectivity index (χ4v) is 2.50. The molecule has 5 heteroatoms. The number of aromatic hydroxyl groups is 1. The molecule has 0 fully saturated rings. The normalized spacial score (nSPS) is 10.9. The first-order chi connectivity index (χ1) is 13.7. The number of nitrogens with one attached hydrogen (secondary N) is 1. The average molecular weight is 372 g/mol. The van der Waals surface area contributed by atoms with Crippen molar-refractivity contribution in [1.82, 2.24) is 4.98 Å². The lowest BCUT2D eigenvalue weighted by atomic mass is 10.1. The topological polar surface area (TPSA) is 71.5 Å². The summed E-state index contributed by atoms with van der Waals surface area (Å²) in [4.78, 5) is 16.4. The number of nitrogens with zero attached hydrogens (tertiary/aromatic N) is 1. The van der Waals surface area contributed by atoms with Gasteiger partial charge in [-0.15, -0.1) is 0 Å². The highest BCUT2D eigenvalue weighted by Crippen LogP contribution is 2.21. The first-order valence-electron chi connectivity index (χ1n) is 8.71. The van der Waals surface area contributed by atoms with Crippen LogP contribution in [0.5, 0.6) is 5.75 Å². The molecule has 1 heterocycles. The van der Waals surface area contributed by atoms with Crippen molar-refractivity contribution in [2.24, 2.45) is 0 Å². The molecule has 0 aliphatic rings. The molecule has 5 nitrogen and oxygen atoms in total. The molecule has 0 radical (unpaired) electrons. The van der Waals surface area contributed by atoms with Crippen LogP contribution in [0.4, 0.5) is 5.82 Å². The molecule has 28 heavy (non-hydrogen) atoms. The van der Waals surface area contributed by atoms with E-state index in [1.54, 1.807) is 30.5 Å². The van der Waals surface area contributed by atoms with Crippen molar-refractivity contribution in [3.8, 4) is 16.9 Å². The molecule has 0 bridgehead atoms. The number of hydrogen-bond acceptors (Lipinski definition) is 5. The number of pyridine rings is 1. The van der Waals surface area contributed by atoms with Crippen LogP contribution in [0, 0.1) is 0 Å². The van der Waals surface area contributed by atoms with Gasteiger partial charge in [0.25, 0.3) is 0 Å². The Kier molecular flexibility index (Phi) is 6.21. The number of anilines is 1. The van der Waals surface area contributed by atoms with E-state index >= 15 is 0 Å². The van der Waals surface area contributed by atoms with E-state index in [4.69, 9.17) is 4.74 Å². The van der Waals surface area contributed by atoms with Crippen LogP contribution >= 0.6 is 0 Å². The fourth-order valence-electron chi connectivity index (χ4n) is 2.50. The van der Waals surface area contributed by atoms with Gasteiger partial charge in [-0.05, 0) is 47.0 Å². The smallest absolute Gasteiger partial charge is 0.221 e. The second-order valence-electron chi connectivity index (χ2n) is 5.97. The monoisotopic (exact) mass is 372 g/mol. The molecule has 0 unspecified atom stereocenters. The number of carbonyl (C=O) groups is 1. The summed E-state index contributed by atoms with van der Waals surface area (Å²) >= 11 is 0. The number of ether oxygens (including phenoxy) is 1. The largest absolute Gasteiger partial charge is 0.508 e. The molecule has 2 aromatic carbocycles. The van der Waals surface area contributed by atoms with E-state index < -0.39 is 0 Å². The van der Waals surface area contributed by atoms with Gasteiger partial charge in [-0.2, -0.15) is 0 Å². The first kappa shape index (κ1) is 18.9. The predicted molar refractivity (Wildman–Crippen MR) is 109 cm³/mol. The quantitative estimate of drug-likeness (QED) is 0.444. The number of carbonyl (C=O) groups excluding carboxylic acids is 1. The minimum Gasteiger partial charge on any atom is -0.508 e. The summed E-state index contributed by atoms with van der Waals surface area (Å²) < 4.78 is 5.63. The van der Waals surface area contributed by atoms with E-state index in [2.05, 4.69) is 16.9 Å². The van der Waals surface area contributed by atoms with Crippen molar-refractivity contribution in [2.75, 3.05) is 5.32 Å². The zero-order chi connectivity index (χ0) is 19.8. The Morgan fingerprint density at radius 2 is 1.82 bits per heavy atom. The Bertz CT molecular complexity index is 980. The maximum atomic E-state index is 12.1. The number of rotatable bonds is 8. The number of hydrogen-bond donors (Lipinski definition) is 2. The summed E-state index contributed by atoms with van der Waals surface area (Å²) in [6, 6.07) is 20.3. The summed E-state index contributed by atoms with van der Waals surface area (Å²) in [5.41, 5.74) is 2.90. The molecule has 0 saturated carbocycles. The Hall–Kier alpha value is -3.86. The van der Waals surface area contributed by atoms with E-state index in [1.165, 1.54) is 12.3 Å². The van der Waals surface area contributed by atoms with Crippen LogP contribution in [0.15, 0.2) is 97.5 Å². The van der Waals surface area contributed by atoms with Crippen molar-refractivity contribution in [3.05, 3.63) is 103 Å². The molecule has 0 saturated heterocycles. The molecular weight excluding hydrogens is 352 g/mol. The molecule has 1 aromatic heterocycles. The zero-order valence-corrected chi connectivity index (χ0v) is 15.2. The van der Waals surface area contributed by atoms with E-state index in [1.807, 2.05) is 42.5 Å². The average Bonchev–Trinajstić information content (AvgIpc) is 2.75. The van der Waals surface area contributed by atoms with Crippen molar-refractivity contribution in [1.29, 1.82) is 0 Å². The van der Waals surface area contributed by atoms with Crippen LogP contribution in [0.2, 0.25) is 0 Å². The van der Waals surface area contributed by atoms with Crippen LogP contribution in [0.25, 0.3) is 11.1 Å². The van der Waals surface area contributed by atoms with Crippen LogP contribution in [0.1, 0.15) is 5.56 Å². The first-order valence-corrected chi connectivity index (χ1v) is 8.71. The Balaban J connectivity index is 1.73. The molecule has 0 aliphatic heterocycles. The van der Waals surface area contributed by atoms with Gasteiger partial charge in [-0.25, -0.2) is 4.98 Å². The fraction of sp³-hybridized carbons (Fsp3) is 0.0435. The molecule has 3 aromatic rings. The number of aromatic nitrogens is 1. The molecule has 140 valence electrons. The van der Waals surface area contributed by atoms with Gasteiger partial charge in [0.2, 0.25) is 5.78 Å². The van der Waals surface area contributed by atoms with E-state index in [0.29, 0.717) is 5.82 Å². The second-order valence-corrected chi connectivity index (χ2v) is 5.97. The number of allylic oxidation sites excluding steroid dienone is 1. The van der Waals surface area contributed by atoms with Crippen molar-refractivity contribution < 1.29 is 14.6 Å². The number of benzene rings is 2. The highest BCUT2D eigenvalue weighted by molar-refractivity contribution is 6.02. The summed E-state index contributed by atoms with van der Waals surface area (Å²) in [6.07, 6.45) is 4.37. The van der Waals surface area contributed by atoms with Gasteiger partial charge in [-0.3, -0.25) is 4.79 Å². The minimum atomic E-state index is -0.342. The van der Waals surface area contributed by atoms with Gasteiger partial charge < -0.3 is 15.2 Å². The third kappa shape index (κ3) is 5.08. The summed E-state index contributed by atoms with van der Waals surface area (Å²) in [6.45, 7) is 3.70. The highest BCUT2D eigenvalue weighted by atomic mass is 16.5. The summed E-state index contributed by atoms with van der Waals surface area (Å²) in [5, 5.41) is 12.3. The van der Waals surface area contributed by atoms with Gasteiger partial charge in [0.15, 0.2) is 5.76 Å². The SMILES string of the molecule is C=CC(=O)/C(=C\Nc1cc(-c2ccccc2)ccn1)OCc1ccc(O)cc1. The van der Waals surface area contributed by atoms with Gasteiger partial charge in [-0.1, -0.05) is 49.0 Å². The van der Waals surface area contributed by atoms with Crippen LogP contribution < -0.4 is 5.32 Å². The van der Waals surface area contributed by atoms with Crippen LogP contribution in [0.3, 0.4) is 0 Å². The predicted octanol–water partition coefficient (Wildman–Crippen LogP) is 4.68. The molecular formula is C23H20N2O3.